The predicted octanol–water partition coefficient (Wildman–Crippen LogP) is 4.89. The Morgan fingerprint density at radius 2 is 1.84 bits per heavy atom. The second-order valence-corrected chi connectivity index (χ2v) is 7.14. The molecule has 0 aliphatic heterocycles. The van der Waals surface area contributed by atoms with E-state index in [-0.39, 0.29) is 17.1 Å². The van der Waals surface area contributed by atoms with Gasteiger partial charge < -0.3 is 10.6 Å². The summed E-state index contributed by atoms with van der Waals surface area (Å²) in [6.45, 7) is -1.45. The van der Waals surface area contributed by atoms with Crippen molar-refractivity contribution in [2.45, 2.75) is 6.18 Å². The fraction of sp³-hybridized carbons (Fsp3) is 0.0952. The molecule has 2 N–H and O–H groups in total. The normalized spacial score (nSPS) is 11.5. The number of anilines is 1. The molecule has 1 aromatic heterocycles. The third-order valence-electron chi connectivity index (χ3n) is 3.86. The van der Waals surface area contributed by atoms with Gasteiger partial charge in [0.15, 0.2) is 0 Å². The number of thiazole rings is 1. The van der Waals surface area contributed by atoms with Crippen molar-refractivity contribution in [1.29, 1.82) is 0 Å². The SMILES string of the molecule is O=C(/C=C/c1csc(-c2ccc(F)cc2)n1)Nc1cccc(C(=O)NCC(F)(F)F)c1. The molecule has 0 spiro atoms. The molecular formula is C21H15F4N3O2S. The summed E-state index contributed by atoms with van der Waals surface area (Å²) in [6.07, 6.45) is -1.79. The summed E-state index contributed by atoms with van der Waals surface area (Å²) < 4.78 is 49.7. The molecule has 2 aromatic carbocycles. The largest absolute Gasteiger partial charge is 0.405 e. The second-order valence-electron chi connectivity index (χ2n) is 6.29. The van der Waals surface area contributed by atoms with Crippen LogP contribution in [0.3, 0.4) is 0 Å². The molecule has 0 atom stereocenters. The Bertz CT molecular complexity index is 1110. The molecule has 31 heavy (non-hydrogen) atoms. The molecule has 3 rings (SSSR count). The summed E-state index contributed by atoms with van der Waals surface area (Å²) in [5.41, 5.74) is 1.50. The van der Waals surface area contributed by atoms with Crippen molar-refractivity contribution in [2.24, 2.45) is 0 Å². The van der Waals surface area contributed by atoms with Gasteiger partial charge >= 0.3 is 6.18 Å². The van der Waals surface area contributed by atoms with Crippen LogP contribution in [0.15, 0.2) is 60.0 Å². The molecule has 0 saturated heterocycles. The first-order valence-corrected chi connectivity index (χ1v) is 9.73. The highest BCUT2D eigenvalue weighted by molar-refractivity contribution is 7.13. The van der Waals surface area contributed by atoms with Crippen LogP contribution in [0.5, 0.6) is 0 Å². The van der Waals surface area contributed by atoms with Gasteiger partial charge in [-0.3, -0.25) is 9.59 Å². The molecule has 5 nitrogen and oxygen atoms in total. The van der Waals surface area contributed by atoms with Crippen LogP contribution in [0.2, 0.25) is 0 Å². The van der Waals surface area contributed by atoms with Gasteiger partial charge in [-0.05, 0) is 48.5 Å². The van der Waals surface area contributed by atoms with E-state index in [0.717, 1.165) is 5.56 Å². The first kappa shape index (κ1) is 22.2. The molecule has 10 heteroatoms. The zero-order chi connectivity index (χ0) is 22.4. The van der Waals surface area contributed by atoms with E-state index in [2.05, 4.69) is 10.3 Å². The summed E-state index contributed by atoms with van der Waals surface area (Å²) >= 11 is 1.33. The van der Waals surface area contributed by atoms with Crippen LogP contribution in [0, 0.1) is 5.82 Å². The maximum absolute atomic E-state index is 13.0. The third kappa shape index (κ3) is 6.75. The molecule has 0 radical (unpaired) electrons. The van der Waals surface area contributed by atoms with Crippen molar-refractivity contribution in [3.63, 3.8) is 0 Å². The van der Waals surface area contributed by atoms with E-state index in [0.29, 0.717) is 10.7 Å². The number of halogens is 4. The minimum Gasteiger partial charge on any atom is -0.343 e. The molecule has 0 aliphatic carbocycles. The lowest BCUT2D eigenvalue weighted by atomic mass is 10.2. The van der Waals surface area contributed by atoms with Gasteiger partial charge in [0.25, 0.3) is 5.91 Å². The van der Waals surface area contributed by atoms with Gasteiger partial charge in [-0.25, -0.2) is 9.37 Å². The lowest BCUT2D eigenvalue weighted by molar-refractivity contribution is -0.123. The first-order valence-electron chi connectivity index (χ1n) is 8.85. The monoisotopic (exact) mass is 449 g/mol. The van der Waals surface area contributed by atoms with Crippen LogP contribution in [0.4, 0.5) is 23.2 Å². The Labute approximate surface area is 178 Å². The van der Waals surface area contributed by atoms with Gasteiger partial charge in [0.05, 0.1) is 5.69 Å². The van der Waals surface area contributed by atoms with Crippen molar-refractivity contribution >= 4 is 34.9 Å². The Morgan fingerprint density at radius 1 is 1.10 bits per heavy atom. The van der Waals surface area contributed by atoms with Crippen LogP contribution >= 0.6 is 11.3 Å². The number of nitrogens with zero attached hydrogens (tertiary/aromatic N) is 1. The number of benzene rings is 2. The van der Waals surface area contributed by atoms with Crippen molar-refractivity contribution in [3.05, 3.63) is 77.1 Å². The molecule has 1 heterocycles. The first-order chi connectivity index (χ1) is 14.7. The van der Waals surface area contributed by atoms with E-state index < -0.39 is 24.5 Å². The highest BCUT2D eigenvalue weighted by atomic mass is 32.1. The summed E-state index contributed by atoms with van der Waals surface area (Å²) in [5, 5.41) is 6.69. The maximum Gasteiger partial charge on any atom is 0.405 e. The third-order valence-corrected chi connectivity index (χ3v) is 4.77. The van der Waals surface area contributed by atoms with Crippen LogP contribution < -0.4 is 10.6 Å². The Kier molecular flexibility index (Phi) is 6.81. The minimum absolute atomic E-state index is 0.0190. The molecular weight excluding hydrogens is 434 g/mol. The predicted molar refractivity (Wildman–Crippen MR) is 110 cm³/mol. The summed E-state index contributed by atoms with van der Waals surface area (Å²) in [6, 6.07) is 11.4. The van der Waals surface area contributed by atoms with Crippen LogP contribution in [-0.4, -0.2) is 29.5 Å². The molecule has 0 bridgehead atoms. The number of aromatic nitrogens is 1. The number of amides is 2. The van der Waals surface area contributed by atoms with E-state index >= 15 is 0 Å². The standard InChI is InChI=1S/C21H15F4N3O2S/c22-15-6-4-13(5-7-15)20-28-17(11-31-20)8-9-18(29)27-16-3-1-2-14(10-16)19(30)26-12-21(23,24)25/h1-11H,12H2,(H,26,30)(H,27,29)/b9-8+. The highest BCUT2D eigenvalue weighted by Gasteiger charge is 2.27. The summed E-state index contributed by atoms with van der Waals surface area (Å²) in [5.74, 6) is -1.76. The Morgan fingerprint density at radius 3 is 2.55 bits per heavy atom. The number of hydrogen-bond acceptors (Lipinski definition) is 4. The van der Waals surface area contributed by atoms with Crippen LogP contribution in [0.25, 0.3) is 16.6 Å². The Hall–Kier alpha value is -3.53. The summed E-state index contributed by atoms with van der Waals surface area (Å²) in [7, 11) is 0. The van der Waals surface area contributed by atoms with E-state index in [1.54, 1.807) is 22.8 Å². The molecule has 3 aromatic rings. The minimum atomic E-state index is -4.52. The van der Waals surface area contributed by atoms with E-state index in [1.807, 2.05) is 0 Å². The number of rotatable bonds is 6. The van der Waals surface area contributed by atoms with Gasteiger partial charge in [0.1, 0.15) is 17.4 Å². The number of hydrogen-bond donors (Lipinski definition) is 2. The van der Waals surface area contributed by atoms with Crippen molar-refractivity contribution < 1.29 is 27.2 Å². The van der Waals surface area contributed by atoms with Crippen molar-refractivity contribution in [1.82, 2.24) is 10.3 Å². The van der Waals surface area contributed by atoms with Crippen molar-refractivity contribution in [3.8, 4) is 10.6 Å². The fourth-order valence-electron chi connectivity index (χ4n) is 2.45. The molecule has 160 valence electrons. The average molecular weight is 449 g/mol. The van der Waals surface area contributed by atoms with Crippen molar-refractivity contribution in [2.75, 3.05) is 11.9 Å². The van der Waals surface area contributed by atoms with Gasteiger partial charge in [-0.2, -0.15) is 13.2 Å². The Balaban J connectivity index is 1.60. The average Bonchev–Trinajstić information content (AvgIpc) is 3.20. The van der Waals surface area contributed by atoms with E-state index in [1.165, 1.54) is 59.9 Å². The van der Waals surface area contributed by atoms with Crippen LogP contribution in [0.1, 0.15) is 16.1 Å². The lowest BCUT2D eigenvalue weighted by Gasteiger charge is -2.09. The smallest absolute Gasteiger partial charge is 0.343 e. The topological polar surface area (TPSA) is 71.1 Å². The highest BCUT2D eigenvalue weighted by Crippen LogP contribution is 2.24. The lowest BCUT2D eigenvalue weighted by Crippen LogP contribution is -2.33. The molecule has 0 unspecified atom stereocenters. The zero-order valence-corrected chi connectivity index (χ0v) is 16.6. The molecule has 0 saturated carbocycles. The van der Waals surface area contributed by atoms with E-state index in [9.17, 15) is 27.2 Å². The summed E-state index contributed by atoms with van der Waals surface area (Å²) in [4.78, 5) is 28.3. The van der Waals surface area contributed by atoms with Gasteiger partial charge in [0, 0.05) is 28.3 Å². The van der Waals surface area contributed by atoms with Gasteiger partial charge in [0.2, 0.25) is 5.91 Å². The number of nitrogens with one attached hydrogen (secondary N) is 2. The molecule has 0 fully saturated rings. The fourth-order valence-corrected chi connectivity index (χ4v) is 3.25. The van der Waals surface area contributed by atoms with Gasteiger partial charge in [-0.15, -0.1) is 11.3 Å². The second kappa shape index (κ2) is 9.52. The van der Waals surface area contributed by atoms with Crippen LogP contribution in [-0.2, 0) is 4.79 Å². The zero-order valence-electron chi connectivity index (χ0n) is 15.7. The maximum atomic E-state index is 13.0. The molecule has 0 aliphatic rings. The number of carbonyl (C=O) groups is 2. The number of alkyl halides is 3. The number of carbonyl (C=O) groups excluding carboxylic acids is 2. The van der Waals surface area contributed by atoms with Gasteiger partial charge in [-0.1, -0.05) is 6.07 Å². The molecule has 2 amide bonds. The van der Waals surface area contributed by atoms with E-state index in [4.69, 9.17) is 0 Å². The quantitative estimate of drug-likeness (QED) is 0.416.